The van der Waals surface area contributed by atoms with Crippen LogP contribution in [0.4, 0.5) is 11.4 Å². The summed E-state index contributed by atoms with van der Waals surface area (Å²) in [7, 11) is 1.91. The molecule has 1 aliphatic heterocycles. The van der Waals surface area contributed by atoms with Gasteiger partial charge in [0.1, 0.15) is 6.23 Å². The Balaban J connectivity index is 2.44. The highest BCUT2D eigenvalue weighted by Crippen LogP contribution is 2.33. The largest absolute Gasteiger partial charge is 0.372 e. The van der Waals surface area contributed by atoms with E-state index in [0.29, 0.717) is 10.9 Å². The lowest BCUT2D eigenvalue weighted by atomic mass is 10.1. The fourth-order valence-electron chi connectivity index (χ4n) is 1.85. The maximum absolute atomic E-state index is 9.86. The number of aliphatic hydroxyl groups excluding tert-OH is 1. The maximum atomic E-state index is 9.86. The number of hydrogen-bond donors (Lipinski definition) is 2. The molecule has 1 aromatic carbocycles. The predicted octanol–water partition coefficient (Wildman–Crippen LogP) is 1.50. The van der Waals surface area contributed by atoms with E-state index >= 15 is 0 Å². The van der Waals surface area contributed by atoms with E-state index in [-0.39, 0.29) is 6.04 Å². The zero-order chi connectivity index (χ0) is 11.7. The monoisotopic (exact) mass is 281 g/mol. The number of anilines is 2. The fourth-order valence-corrected chi connectivity index (χ4v) is 2.64. The van der Waals surface area contributed by atoms with E-state index in [1.807, 2.05) is 24.1 Å². The van der Waals surface area contributed by atoms with Gasteiger partial charge in [0, 0.05) is 12.4 Å². The Morgan fingerprint density at radius 3 is 3.00 bits per heavy atom. The van der Waals surface area contributed by atoms with Gasteiger partial charge in [-0.15, -0.1) is 0 Å². The van der Waals surface area contributed by atoms with Gasteiger partial charge in [-0.3, -0.25) is 0 Å². The SMILES string of the molecule is CN1c2cc(C#N)ccc2NC(O)C1CBr. The Morgan fingerprint density at radius 2 is 2.38 bits per heavy atom. The first-order chi connectivity index (χ1) is 7.67. The molecule has 0 radical (unpaired) electrons. The number of rotatable bonds is 1. The quantitative estimate of drug-likeness (QED) is 0.766. The number of halogens is 1. The number of nitriles is 1. The van der Waals surface area contributed by atoms with E-state index < -0.39 is 6.23 Å². The molecule has 0 bridgehead atoms. The van der Waals surface area contributed by atoms with Crippen LogP contribution in [0.3, 0.4) is 0 Å². The zero-order valence-corrected chi connectivity index (χ0v) is 10.4. The molecule has 0 saturated heterocycles. The molecule has 16 heavy (non-hydrogen) atoms. The van der Waals surface area contributed by atoms with Crippen LogP contribution in [-0.2, 0) is 0 Å². The predicted molar refractivity (Wildman–Crippen MR) is 66.8 cm³/mol. The molecule has 1 aromatic rings. The van der Waals surface area contributed by atoms with Crippen LogP contribution in [0.5, 0.6) is 0 Å². The molecule has 0 aromatic heterocycles. The third-order valence-corrected chi connectivity index (χ3v) is 3.49. The van der Waals surface area contributed by atoms with Crippen molar-refractivity contribution in [3.05, 3.63) is 23.8 Å². The minimum absolute atomic E-state index is 0.0403. The van der Waals surface area contributed by atoms with Gasteiger partial charge in [-0.1, -0.05) is 15.9 Å². The Labute approximate surface area is 103 Å². The lowest BCUT2D eigenvalue weighted by molar-refractivity contribution is 0.175. The number of nitrogens with zero attached hydrogens (tertiary/aromatic N) is 2. The van der Waals surface area contributed by atoms with Crippen LogP contribution in [0.2, 0.25) is 0 Å². The lowest BCUT2D eigenvalue weighted by Gasteiger charge is -2.39. The van der Waals surface area contributed by atoms with Gasteiger partial charge in [-0.25, -0.2) is 0 Å². The first-order valence-corrected chi connectivity index (χ1v) is 6.07. The van der Waals surface area contributed by atoms with Gasteiger partial charge in [0.2, 0.25) is 0 Å². The summed E-state index contributed by atoms with van der Waals surface area (Å²) in [6, 6.07) is 7.45. The number of alkyl halides is 1. The summed E-state index contributed by atoms with van der Waals surface area (Å²) in [5.74, 6) is 0. The van der Waals surface area contributed by atoms with Crippen LogP contribution in [0.1, 0.15) is 5.56 Å². The molecular formula is C11H12BrN3O. The van der Waals surface area contributed by atoms with Crippen molar-refractivity contribution < 1.29 is 5.11 Å². The number of aliphatic hydroxyl groups is 1. The summed E-state index contributed by atoms with van der Waals surface area (Å²) >= 11 is 3.37. The Bertz CT molecular complexity index is 443. The molecule has 2 unspecified atom stereocenters. The first kappa shape index (κ1) is 11.2. The van der Waals surface area contributed by atoms with Crippen molar-refractivity contribution in [1.82, 2.24) is 0 Å². The standard InChI is InChI=1S/C11H12BrN3O/c1-15-9-4-7(6-13)2-3-8(9)14-11(16)10(15)5-12/h2-4,10-11,14,16H,5H2,1H3. The van der Waals surface area contributed by atoms with Crippen LogP contribution in [-0.4, -0.2) is 29.8 Å². The Kier molecular flexibility index (Phi) is 3.03. The van der Waals surface area contributed by atoms with Gasteiger partial charge in [-0.05, 0) is 18.2 Å². The molecule has 84 valence electrons. The molecule has 2 rings (SSSR count). The number of likely N-dealkylation sites (N-methyl/N-ethyl adjacent to an activating group) is 1. The number of benzene rings is 1. The molecule has 0 amide bonds. The van der Waals surface area contributed by atoms with E-state index in [1.54, 1.807) is 6.07 Å². The zero-order valence-electron chi connectivity index (χ0n) is 8.81. The van der Waals surface area contributed by atoms with Gasteiger partial charge in [0.05, 0.1) is 29.0 Å². The van der Waals surface area contributed by atoms with Crippen molar-refractivity contribution in [3.63, 3.8) is 0 Å². The molecule has 5 heteroatoms. The summed E-state index contributed by atoms with van der Waals surface area (Å²) < 4.78 is 0. The average molecular weight is 282 g/mol. The first-order valence-electron chi connectivity index (χ1n) is 4.95. The van der Waals surface area contributed by atoms with E-state index in [4.69, 9.17) is 5.26 Å². The van der Waals surface area contributed by atoms with Crippen molar-refractivity contribution in [2.24, 2.45) is 0 Å². The second-order valence-corrected chi connectivity index (χ2v) is 4.41. The summed E-state index contributed by atoms with van der Waals surface area (Å²) in [6.45, 7) is 0. The fraction of sp³-hybridized carbons (Fsp3) is 0.364. The highest BCUT2D eigenvalue weighted by atomic mass is 79.9. The molecule has 1 aliphatic rings. The molecule has 0 aliphatic carbocycles. The Hall–Kier alpha value is -1.25. The minimum Gasteiger partial charge on any atom is -0.372 e. The van der Waals surface area contributed by atoms with Crippen molar-refractivity contribution in [2.75, 3.05) is 22.6 Å². The van der Waals surface area contributed by atoms with Crippen molar-refractivity contribution >= 4 is 27.3 Å². The number of nitrogens with one attached hydrogen (secondary N) is 1. The van der Waals surface area contributed by atoms with Crippen molar-refractivity contribution in [3.8, 4) is 6.07 Å². The molecule has 4 nitrogen and oxygen atoms in total. The molecule has 0 saturated carbocycles. The molecule has 0 fully saturated rings. The Morgan fingerprint density at radius 1 is 1.62 bits per heavy atom. The minimum atomic E-state index is -0.607. The van der Waals surface area contributed by atoms with Gasteiger partial charge >= 0.3 is 0 Å². The van der Waals surface area contributed by atoms with E-state index in [2.05, 4.69) is 27.3 Å². The third kappa shape index (κ3) is 1.75. The third-order valence-electron chi connectivity index (χ3n) is 2.83. The summed E-state index contributed by atoms with van der Waals surface area (Å²) in [4.78, 5) is 1.98. The number of hydrogen-bond acceptors (Lipinski definition) is 4. The summed E-state index contributed by atoms with van der Waals surface area (Å²) in [5, 5.41) is 22.4. The summed E-state index contributed by atoms with van der Waals surface area (Å²) in [6.07, 6.45) is -0.607. The van der Waals surface area contributed by atoms with Crippen LogP contribution >= 0.6 is 15.9 Å². The van der Waals surface area contributed by atoms with Gasteiger partial charge in [0.25, 0.3) is 0 Å². The van der Waals surface area contributed by atoms with Gasteiger partial charge in [0.15, 0.2) is 0 Å². The van der Waals surface area contributed by atoms with E-state index in [9.17, 15) is 5.11 Å². The van der Waals surface area contributed by atoms with Crippen LogP contribution in [0.25, 0.3) is 0 Å². The van der Waals surface area contributed by atoms with Gasteiger partial charge < -0.3 is 15.3 Å². The highest BCUT2D eigenvalue weighted by molar-refractivity contribution is 9.09. The molecule has 2 atom stereocenters. The lowest BCUT2D eigenvalue weighted by Crippen LogP contribution is -2.50. The van der Waals surface area contributed by atoms with Crippen molar-refractivity contribution in [1.29, 1.82) is 5.26 Å². The van der Waals surface area contributed by atoms with Crippen molar-refractivity contribution in [2.45, 2.75) is 12.3 Å². The van der Waals surface area contributed by atoms with E-state index in [0.717, 1.165) is 11.4 Å². The van der Waals surface area contributed by atoms with Crippen LogP contribution in [0, 0.1) is 11.3 Å². The molecule has 0 spiro atoms. The number of fused-ring (bicyclic) bond motifs is 1. The highest BCUT2D eigenvalue weighted by Gasteiger charge is 2.29. The second-order valence-electron chi connectivity index (χ2n) is 3.77. The summed E-state index contributed by atoms with van der Waals surface area (Å²) in [5.41, 5.74) is 2.41. The molecular weight excluding hydrogens is 270 g/mol. The van der Waals surface area contributed by atoms with Gasteiger partial charge in [-0.2, -0.15) is 5.26 Å². The molecule has 1 heterocycles. The van der Waals surface area contributed by atoms with E-state index in [1.165, 1.54) is 0 Å². The average Bonchev–Trinajstić information content (AvgIpc) is 2.29. The smallest absolute Gasteiger partial charge is 0.145 e. The van der Waals surface area contributed by atoms with Crippen LogP contribution < -0.4 is 10.2 Å². The topological polar surface area (TPSA) is 59.3 Å². The van der Waals surface area contributed by atoms with Crippen LogP contribution in [0.15, 0.2) is 18.2 Å². The second kappa shape index (κ2) is 4.32. The normalized spacial score (nSPS) is 23.2. The maximum Gasteiger partial charge on any atom is 0.145 e. The molecule has 2 N–H and O–H groups in total.